The van der Waals surface area contributed by atoms with Gasteiger partial charge in [0, 0.05) is 21.3 Å². The van der Waals surface area contributed by atoms with Crippen LogP contribution in [0.3, 0.4) is 0 Å². The van der Waals surface area contributed by atoms with E-state index in [1.807, 2.05) is 6.92 Å². The van der Waals surface area contributed by atoms with E-state index in [1.165, 1.54) is 0 Å². The molecule has 0 rings (SSSR count). The topological polar surface area (TPSA) is 113 Å². The van der Waals surface area contributed by atoms with Gasteiger partial charge in [-0.05, 0) is 0 Å². The molecule has 0 amide bonds. The molecule has 0 fully saturated rings. The van der Waals surface area contributed by atoms with Crippen molar-refractivity contribution in [2.45, 2.75) is 13.3 Å². The molecule has 0 aliphatic heterocycles. The molecule has 0 saturated carbocycles. The van der Waals surface area contributed by atoms with E-state index in [0.717, 1.165) is 27.8 Å². The molecule has 14 heavy (non-hydrogen) atoms. The van der Waals surface area contributed by atoms with E-state index in [9.17, 15) is 0 Å². The molecule has 0 aromatic rings. The smallest absolute Gasteiger partial charge is 0.483 e. The van der Waals surface area contributed by atoms with E-state index < -0.39 is 0 Å². The molecule has 0 atom stereocenters. The van der Waals surface area contributed by atoms with Gasteiger partial charge in [0.2, 0.25) is 0 Å². The molecule has 0 aliphatic carbocycles. The zero-order chi connectivity index (χ0) is 12.1. The van der Waals surface area contributed by atoms with Gasteiger partial charge in [-0.2, -0.15) is 6.42 Å². The normalized spacial score (nSPS) is 4.71. The minimum atomic E-state index is 0. The number of aliphatic hydroxyl groups is 3. The van der Waals surface area contributed by atoms with Gasteiger partial charge in [0.1, 0.15) is 0 Å². The van der Waals surface area contributed by atoms with Gasteiger partial charge >= 0.3 is 21.7 Å². The number of nitrogens with two attached hydrogens (primary N) is 2. The molecule has 0 bridgehead atoms. The third kappa shape index (κ3) is 724. The van der Waals surface area contributed by atoms with Crippen LogP contribution in [0.25, 0.3) is 0 Å². The molecule has 0 heterocycles. The summed E-state index contributed by atoms with van der Waals surface area (Å²) in [6, 6.07) is 0. The Hall–Kier alpha value is 0.514. The molecule has 0 radical (unpaired) electrons. The molecule has 0 saturated heterocycles. The van der Waals surface area contributed by atoms with E-state index in [2.05, 4.69) is 6.92 Å². The van der Waals surface area contributed by atoms with Gasteiger partial charge in [-0.1, -0.05) is 6.92 Å². The number of rotatable bonds is 1. The fourth-order valence-electron chi connectivity index (χ4n) is 0. The summed E-state index contributed by atoms with van der Waals surface area (Å²) in [5, 5.41) is 21.0. The standard InChI is InChI=1S/C3H8N.C2H6N.3CH4O.Ti/c1-2-3-4;1-2-3;3*1-2;/h3H,2,4H2,1H3;1-3H2;3*2H,1H3;/q2*-1;;;;+2. The van der Waals surface area contributed by atoms with E-state index >= 15 is 0 Å². The summed E-state index contributed by atoms with van der Waals surface area (Å²) in [4.78, 5) is 0. The third-order valence-electron chi connectivity index (χ3n) is 0.236. The monoisotopic (exact) mass is 246 g/mol. The Kier molecular flexibility index (Phi) is 448. The van der Waals surface area contributed by atoms with Crippen LogP contribution >= 0.6 is 0 Å². The van der Waals surface area contributed by atoms with Crippen molar-refractivity contribution in [1.29, 1.82) is 0 Å². The maximum Gasteiger partial charge on any atom is 2.00 e. The molecule has 0 unspecified atom stereocenters. The average molecular weight is 246 g/mol. The number of hydrogen-bond acceptors (Lipinski definition) is 5. The Bertz CT molecular complexity index is 30.1. The van der Waals surface area contributed by atoms with Gasteiger partial charge in [-0.15, -0.1) is 6.54 Å². The van der Waals surface area contributed by atoms with Gasteiger partial charge < -0.3 is 33.7 Å². The van der Waals surface area contributed by atoms with Gasteiger partial charge in [-0.25, -0.2) is 0 Å². The molecule has 6 heteroatoms. The van der Waals surface area contributed by atoms with Crippen LogP contribution in [0, 0.1) is 13.5 Å². The molecular weight excluding hydrogens is 220 g/mol. The fourth-order valence-corrected chi connectivity index (χ4v) is 0. The first-order valence-corrected chi connectivity index (χ1v) is 3.70. The van der Waals surface area contributed by atoms with E-state index in [4.69, 9.17) is 26.8 Å². The quantitative estimate of drug-likeness (QED) is 0.304. The van der Waals surface area contributed by atoms with Crippen molar-refractivity contribution in [2.75, 3.05) is 27.9 Å². The van der Waals surface area contributed by atoms with Gasteiger partial charge in [-0.3, -0.25) is 6.54 Å². The molecule has 7 N–H and O–H groups in total. The zero-order valence-electron chi connectivity index (χ0n) is 9.70. The molecule has 0 aromatic heterocycles. The van der Waals surface area contributed by atoms with Crippen molar-refractivity contribution in [3.8, 4) is 0 Å². The molecule has 0 aromatic carbocycles. The van der Waals surface area contributed by atoms with Crippen molar-refractivity contribution < 1.29 is 37.0 Å². The van der Waals surface area contributed by atoms with Gasteiger partial charge in [0.05, 0.1) is 0 Å². The predicted molar refractivity (Wildman–Crippen MR) is 57.6 cm³/mol. The summed E-state index contributed by atoms with van der Waals surface area (Å²) in [5.74, 6) is 0. The molecule has 0 aliphatic rings. The first-order chi connectivity index (χ1) is 6.33. The summed E-state index contributed by atoms with van der Waals surface area (Å²) < 4.78 is 0. The number of hydrogen-bond donors (Lipinski definition) is 5. The van der Waals surface area contributed by atoms with Crippen LogP contribution in [-0.4, -0.2) is 43.2 Å². The SMILES string of the molecule is CC[CH-]N.CO.CO.CO.[CH2-]CN.[Ti+2]. The second-order valence-corrected chi connectivity index (χ2v) is 0.933. The summed E-state index contributed by atoms with van der Waals surface area (Å²) in [6.45, 7) is 7.39. The predicted octanol–water partition coefficient (Wildman–Crippen LogP) is -0.881. The Labute approximate surface area is 103 Å². The van der Waals surface area contributed by atoms with Crippen molar-refractivity contribution in [3.63, 3.8) is 0 Å². The molecule has 0 spiro atoms. The van der Waals surface area contributed by atoms with Crippen molar-refractivity contribution in [1.82, 2.24) is 0 Å². The van der Waals surface area contributed by atoms with Crippen molar-refractivity contribution in [2.24, 2.45) is 11.5 Å². The Morgan fingerprint density at radius 2 is 1.14 bits per heavy atom. The first-order valence-electron chi connectivity index (χ1n) is 3.70. The van der Waals surface area contributed by atoms with Crippen LogP contribution in [-0.2, 0) is 21.7 Å². The molecular formula is C8H26N2O3Ti. The van der Waals surface area contributed by atoms with E-state index in [1.54, 1.807) is 6.54 Å². The second-order valence-electron chi connectivity index (χ2n) is 0.933. The second kappa shape index (κ2) is 171. The fraction of sp³-hybridized carbons (Fsp3) is 0.750. The largest absolute Gasteiger partial charge is 2.00 e. The maximum atomic E-state index is 7.00. The Morgan fingerprint density at radius 3 is 1.14 bits per heavy atom. The van der Waals surface area contributed by atoms with Crippen LogP contribution < -0.4 is 11.5 Å². The van der Waals surface area contributed by atoms with Crippen molar-refractivity contribution in [3.05, 3.63) is 13.5 Å². The molecule has 90 valence electrons. The summed E-state index contributed by atoms with van der Waals surface area (Å²) in [6.07, 6.45) is 0.972. The van der Waals surface area contributed by atoms with E-state index in [0.29, 0.717) is 6.54 Å². The van der Waals surface area contributed by atoms with Crippen molar-refractivity contribution >= 4 is 0 Å². The van der Waals surface area contributed by atoms with Gasteiger partial charge in [0.25, 0.3) is 0 Å². The Balaban J connectivity index is -0.0000000146. The summed E-state index contributed by atoms with van der Waals surface area (Å²) in [7, 11) is 3.00. The zero-order valence-corrected chi connectivity index (χ0v) is 11.3. The third-order valence-corrected chi connectivity index (χ3v) is 0.236. The minimum Gasteiger partial charge on any atom is -0.483 e. The van der Waals surface area contributed by atoms with Crippen LogP contribution in [0.4, 0.5) is 0 Å². The van der Waals surface area contributed by atoms with Crippen LogP contribution in [0.15, 0.2) is 0 Å². The summed E-state index contributed by atoms with van der Waals surface area (Å²) in [5.41, 5.74) is 9.64. The minimum absolute atomic E-state index is 0. The van der Waals surface area contributed by atoms with Gasteiger partial charge in [0.15, 0.2) is 0 Å². The Morgan fingerprint density at radius 1 is 1.07 bits per heavy atom. The maximum absolute atomic E-state index is 7.00. The first kappa shape index (κ1) is 36.6. The average Bonchev–Trinajstić information content (AvgIpc) is 2.27. The number of aliphatic hydroxyl groups excluding tert-OH is 3. The summed E-state index contributed by atoms with van der Waals surface area (Å²) >= 11 is 0. The van der Waals surface area contributed by atoms with Crippen LogP contribution in [0.2, 0.25) is 0 Å². The van der Waals surface area contributed by atoms with Crippen LogP contribution in [0.5, 0.6) is 0 Å². The van der Waals surface area contributed by atoms with E-state index in [-0.39, 0.29) is 21.7 Å². The molecule has 5 nitrogen and oxygen atoms in total. The van der Waals surface area contributed by atoms with Crippen LogP contribution in [0.1, 0.15) is 13.3 Å².